The molecule has 0 nitrogen and oxygen atoms in total. The van der Waals surface area contributed by atoms with Gasteiger partial charge in [-0.2, -0.15) is 0 Å². The molecule has 0 aliphatic heterocycles. The minimum Gasteiger partial charge on any atom is -0.0991 e. The Kier molecular flexibility index (Phi) is 8.18. The van der Waals surface area contributed by atoms with Crippen LogP contribution in [0.4, 0.5) is 0 Å². The van der Waals surface area contributed by atoms with E-state index in [1.807, 2.05) is 30.4 Å². The van der Waals surface area contributed by atoms with Crippen LogP contribution in [0.25, 0.3) is 6.08 Å². The molecule has 1 aliphatic rings. The lowest BCUT2D eigenvalue weighted by molar-refractivity contribution is 0.758. The summed E-state index contributed by atoms with van der Waals surface area (Å²) >= 11 is 0. The molecule has 0 aromatic heterocycles. The van der Waals surface area contributed by atoms with E-state index >= 15 is 0 Å². The van der Waals surface area contributed by atoms with Crippen molar-refractivity contribution in [2.24, 2.45) is 0 Å². The zero-order valence-electron chi connectivity index (χ0n) is 11.0. The molecule has 0 spiro atoms. The van der Waals surface area contributed by atoms with Gasteiger partial charge in [0.25, 0.3) is 0 Å². The first-order chi connectivity index (χ1) is 8.93. The van der Waals surface area contributed by atoms with E-state index in [0.717, 1.165) is 0 Å². The molecule has 1 aliphatic carbocycles. The highest BCUT2D eigenvalue weighted by molar-refractivity contribution is 5.50. The molecule has 1 aromatic carbocycles. The van der Waals surface area contributed by atoms with E-state index in [2.05, 4.69) is 43.0 Å². The summed E-state index contributed by atoms with van der Waals surface area (Å²) < 4.78 is 0. The van der Waals surface area contributed by atoms with Crippen molar-refractivity contribution in [1.82, 2.24) is 0 Å². The Morgan fingerprint density at radius 2 is 1.50 bits per heavy atom. The average molecular weight is 238 g/mol. The largest absolute Gasteiger partial charge is 0.0991 e. The van der Waals surface area contributed by atoms with E-state index in [1.54, 1.807) is 6.08 Å². The molecule has 0 saturated heterocycles. The SMILES string of the molecule is C1=CCCCCC=C1.C=C/C=C/c1ccccc1. The maximum absolute atomic E-state index is 3.59. The summed E-state index contributed by atoms with van der Waals surface area (Å²) in [7, 11) is 0. The van der Waals surface area contributed by atoms with Crippen LogP contribution >= 0.6 is 0 Å². The summed E-state index contributed by atoms with van der Waals surface area (Å²) in [5.74, 6) is 0. The third-order valence-electron chi connectivity index (χ3n) is 2.60. The molecular weight excluding hydrogens is 216 g/mol. The molecule has 0 amide bonds. The van der Waals surface area contributed by atoms with Gasteiger partial charge in [0.15, 0.2) is 0 Å². The molecule has 18 heavy (non-hydrogen) atoms. The first-order valence-electron chi connectivity index (χ1n) is 6.59. The van der Waals surface area contributed by atoms with Crippen molar-refractivity contribution in [3.05, 3.63) is 78.9 Å². The smallest absolute Gasteiger partial charge is 0.0257 e. The molecular formula is C18H22. The van der Waals surface area contributed by atoms with Gasteiger partial charge in [-0.3, -0.25) is 0 Å². The first-order valence-corrected chi connectivity index (χ1v) is 6.59. The molecule has 2 rings (SSSR count). The van der Waals surface area contributed by atoms with Gasteiger partial charge in [0, 0.05) is 0 Å². The number of benzene rings is 1. The van der Waals surface area contributed by atoms with Crippen molar-refractivity contribution < 1.29 is 0 Å². The van der Waals surface area contributed by atoms with E-state index in [1.165, 1.54) is 31.2 Å². The van der Waals surface area contributed by atoms with Crippen molar-refractivity contribution in [2.45, 2.75) is 25.7 Å². The lowest BCUT2D eigenvalue weighted by Crippen LogP contribution is -1.74. The fraction of sp³-hybridized carbons (Fsp3) is 0.222. The minimum atomic E-state index is 1.21. The molecule has 1 aromatic rings. The van der Waals surface area contributed by atoms with Gasteiger partial charge in [0.1, 0.15) is 0 Å². The van der Waals surface area contributed by atoms with E-state index in [9.17, 15) is 0 Å². The second-order valence-electron chi connectivity index (χ2n) is 4.15. The highest BCUT2D eigenvalue weighted by atomic mass is 13.9. The van der Waals surface area contributed by atoms with Crippen molar-refractivity contribution in [2.75, 3.05) is 0 Å². The predicted molar refractivity (Wildman–Crippen MR) is 82.4 cm³/mol. The van der Waals surface area contributed by atoms with Crippen molar-refractivity contribution in [3.63, 3.8) is 0 Å². The summed E-state index contributed by atoms with van der Waals surface area (Å²) in [6, 6.07) is 10.1. The molecule has 0 heteroatoms. The van der Waals surface area contributed by atoms with Crippen LogP contribution < -0.4 is 0 Å². The van der Waals surface area contributed by atoms with Crippen LogP contribution in [0, 0.1) is 0 Å². The van der Waals surface area contributed by atoms with E-state index in [4.69, 9.17) is 0 Å². The van der Waals surface area contributed by atoms with Gasteiger partial charge in [-0.05, 0) is 31.2 Å². The third kappa shape index (κ3) is 7.45. The maximum atomic E-state index is 3.59. The zero-order valence-corrected chi connectivity index (χ0v) is 11.0. The summed E-state index contributed by atoms with van der Waals surface area (Å²) in [5.41, 5.74) is 1.21. The van der Waals surface area contributed by atoms with Crippen LogP contribution in [0.2, 0.25) is 0 Å². The van der Waals surface area contributed by atoms with Gasteiger partial charge in [-0.1, -0.05) is 79.4 Å². The van der Waals surface area contributed by atoms with Crippen LogP contribution in [0.5, 0.6) is 0 Å². The Labute approximate surface area is 111 Å². The second kappa shape index (κ2) is 10.3. The zero-order chi connectivity index (χ0) is 12.9. The molecule has 0 N–H and O–H groups in total. The standard InChI is InChI=1S/C10H10.C8H12/c1-2-3-7-10-8-5-4-6-9-10;1-2-4-6-8-7-5-3-1/h2-9H,1H2;1-4H,5-8H2/b7-3+;. The molecule has 0 fully saturated rings. The van der Waals surface area contributed by atoms with Gasteiger partial charge < -0.3 is 0 Å². The van der Waals surface area contributed by atoms with Gasteiger partial charge in [-0.25, -0.2) is 0 Å². The molecule has 0 bridgehead atoms. The minimum absolute atomic E-state index is 1.21. The molecule has 0 atom stereocenters. The Hall–Kier alpha value is -1.82. The number of rotatable bonds is 2. The van der Waals surface area contributed by atoms with E-state index < -0.39 is 0 Å². The summed E-state index contributed by atoms with van der Waals surface area (Å²) in [5, 5.41) is 0. The topological polar surface area (TPSA) is 0 Å². The number of allylic oxidation sites excluding steroid dienone is 6. The lowest BCUT2D eigenvalue weighted by Gasteiger charge is -1.94. The van der Waals surface area contributed by atoms with E-state index in [0.29, 0.717) is 0 Å². The van der Waals surface area contributed by atoms with Crippen molar-refractivity contribution >= 4 is 6.08 Å². The maximum Gasteiger partial charge on any atom is -0.0257 e. The fourth-order valence-electron chi connectivity index (χ4n) is 1.62. The average Bonchev–Trinajstić information content (AvgIpc) is 2.37. The molecule has 0 heterocycles. The van der Waals surface area contributed by atoms with Crippen LogP contribution in [0.1, 0.15) is 31.2 Å². The first kappa shape index (κ1) is 14.2. The second-order valence-corrected chi connectivity index (χ2v) is 4.15. The van der Waals surface area contributed by atoms with Crippen LogP contribution in [0.3, 0.4) is 0 Å². The number of hydrogen-bond acceptors (Lipinski definition) is 0. The fourth-order valence-corrected chi connectivity index (χ4v) is 1.62. The normalized spacial score (nSPS) is 14.4. The van der Waals surface area contributed by atoms with Crippen molar-refractivity contribution in [1.29, 1.82) is 0 Å². The highest BCUT2D eigenvalue weighted by Crippen LogP contribution is 2.04. The quantitative estimate of drug-likeness (QED) is 0.592. The summed E-state index contributed by atoms with van der Waals surface area (Å²) in [6.45, 7) is 3.59. The monoisotopic (exact) mass is 238 g/mol. The summed E-state index contributed by atoms with van der Waals surface area (Å²) in [4.78, 5) is 0. The summed E-state index contributed by atoms with van der Waals surface area (Å²) in [6.07, 6.45) is 19.7. The Morgan fingerprint density at radius 3 is 2.06 bits per heavy atom. The van der Waals surface area contributed by atoms with Crippen LogP contribution in [-0.4, -0.2) is 0 Å². The van der Waals surface area contributed by atoms with Gasteiger partial charge in [-0.15, -0.1) is 0 Å². The van der Waals surface area contributed by atoms with Crippen LogP contribution in [-0.2, 0) is 0 Å². The Bertz CT molecular complexity index is 379. The Morgan fingerprint density at radius 1 is 0.889 bits per heavy atom. The third-order valence-corrected chi connectivity index (χ3v) is 2.60. The molecule has 94 valence electrons. The van der Waals surface area contributed by atoms with Gasteiger partial charge in [0.2, 0.25) is 0 Å². The number of hydrogen-bond donors (Lipinski definition) is 0. The lowest BCUT2D eigenvalue weighted by atomic mass is 10.1. The van der Waals surface area contributed by atoms with Gasteiger partial charge >= 0.3 is 0 Å². The predicted octanol–water partition coefficient (Wildman–Crippen LogP) is 5.56. The Balaban J connectivity index is 0.000000184. The van der Waals surface area contributed by atoms with E-state index in [-0.39, 0.29) is 0 Å². The highest BCUT2D eigenvalue weighted by Gasteiger charge is 1.84. The molecule has 0 radical (unpaired) electrons. The molecule has 0 unspecified atom stereocenters. The van der Waals surface area contributed by atoms with Crippen molar-refractivity contribution in [3.8, 4) is 0 Å². The molecule has 0 saturated carbocycles. The van der Waals surface area contributed by atoms with Crippen LogP contribution in [0.15, 0.2) is 73.4 Å². The van der Waals surface area contributed by atoms with Gasteiger partial charge in [0.05, 0.1) is 0 Å².